The number of ether oxygens (including phenoxy) is 1. The van der Waals surface area contributed by atoms with E-state index in [9.17, 15) is 4.79 Å². The van der Waals surface area contributed by atoms with Crippen molar-refractivity contribution in [2.24, 2.45) is 13.0 Å². The first-order valence-electron chi connectivity index (χ1n) is 7.98. The van der Waals surface area contributed by atoms with E-state index in [4.69, 9.17) is 16.3 Å². The van der Waals surface area contributed by atoms with E-state index in [1.165, 1.54) is 0 Å². The van der Waals surface area contributed by atoms with Crippen molar-refractivity contribution >= 4 is 17.6 Å². The maximum atomic E-state index is 12.3. The van der Waals surface area contributed by atoms with Crippen LogP contribution in [0.2, 0.25) is 5.02 Å². The molecule has 2 atom stereocenters. The molecule has 3 rings (SSSR count). The molecule has 2 N–H and O–H groups in total. The van der Waals surface area contributed by atoms with Gasteiger partial charge in [0.15, 0.2) is 0 Å². The number of aromatic nitrogens is 2. The number of amides is 2. The van der Waals surface area contributed by atoms with Gasteiger partial charge in [0.2, 0.25) is 0 Å². The fourth-order valence-corrected chi connectivity index (χ4v) is 2.90. The normalized spacial score (nSPS) is 18.3. The molecule has 1 saturated heterocycles. The monoisotopic (exact) mass is 348 g/mol. The fraction of sp³-hybridized carbons (Fsp3) is 0.412. The molecule has 2 aromatic rings. The highest BCUT2D eigenvalue weighted by Crippen LogP contribution is 2.22. The summed E-state index contributed by atoms with van der Waals surface area (Å²) in [6.07, 6.45) is 4.56. The topological polar surface area (TPSA) is 68.2 Å². The van der Waals surface area contributed by atoms with Crippen LogP contribution in [0.1, 0.15) is 23.9 Å². The molecule has 2 unspecified atom stereocenters. The number of benzene rings is 1. The summed E-state index contributed by atoms with van der Waals surface area (Å²) < 4.78 is 7.22. The molecule has 1 aliphatic rings. The smallest absolute Gasteiger partial charge is 0.315 e. The molecule has 1 aromatic heterocycles. The van der Waals surface area contributed by atoms with Gasteiger partial charge in [0.25, 0.3) is 0 Å². The number of nitrogens with one attached hydrogen (secondary N) is 2. The van der Waals surface area contributed by atoms with Crippen LogP contribution in [-0.4, -0.2) is 35.3 Å². The Morgan fingerprint density at radius 3 is 2.88 bits per heavy atom. The number of carbonyl (C=O) groups is 1. The van der Waals surface area contributed by atoms with Crippen LogP contribution in [0, 0.1) is 5.92 Å². The Morgan fingerprint density at radius 1 is 1.46 bits per heavy atom. The number of rotatable bonds is 5. The molecule has 128 valence electrons. The van der Waals surface area contributed by atoms with E-state index in [0.29, 0.717) is 24.1 Å². The van der Waals surface area contributed by atoms with E-state index in [0.717, 1.165) is 24.4 Å². The number of hydrogen-bond donors (Lipinski definition) is 2. The van der Waals surface area contributed by atoms with Gasteiger partial charge in [-0.05, 0) is 24.1 Å². The van der Waals surface area contributed by atoms with Crippen LogP contribution in [-0.2, 0) is 11.8 Å². The zero-order valence-electron chi connectivity index (χ0n) is 13.5. The molecule has 0 spiro atoms. The Bertz CT molecular complexity index is 680. The summed E-state index contributed by atoms with van der Waals surface area (Å²) in [6, 6.07) is 6.84. The van der Waals surface area contributed by atoms with Crippen LogP contribution in [0.3, 0.4) is 0 Å². The predicted octanol–water partition coefficient (Wildman–Crippen LogP) is 2.50. The number of halogens is 1. The summed E-state index contributed by atoms with van der Waals surface area (Å²) >= 11 is 5.97. The molecule has 1 aromatic carbocycles. The van der Waals surface area contributed by atoms with Crippen molar-refractivity contribution in [1.29, 1.82) is 0 Å². The number of imidazole rings is 1. The zero-order chi connectivity index (χ0) is 16.9. The van der Waals surface area contributed by atoms with Gasteiger partial charge in [0.1, 0.15) is 11.9 Å². The summed E-state index contributed by atoms with van der Waals surface area (Å²) in [5.41, 5.74) is 0.924. The third-order valence-corrected chi connectivity index (χ3v) is 4.42. The van der Waals surface area contributed by atoms with E-state index in [1.807, 2.05) is 42.1 Å². The van der Waals surface area contributed by atoms with Gasteiger partial charge in [-0.1, -0.05) is 23.7 Å². The number of nitrogens with zero attached hydrogens (tertiary/aromatic N) is 2. The molecular weight excluding hydrogens is 328 g/mol. The molecular formula is C17H21ClN4O2. The summed E-state index contributed by atoms with van der Waals surface area (Å²) in [5, 5.41) is 6.58. The van der Waals surface area contributed by atoms with Crippen LogP contribution in [0.25, 0.3) is 0 Å². The Balaban J connectivity index is 1.71. The maximum Gasteiger partial charge on any atom is 0.315 e. The largest absolute Gasteiger partial charge is 0.381 e. The Kier molecular flexibility index (Phi) is 5.37. The van der Waals surface area contributed by atoms with Crippen molar-refractivity contribution in [3.63, 3.8) is 0 Å². The molecule has 1 aliphatic heterocycles. The second-order valence-electron chi connectivity index (χ2n) is 5.96. The molecule has 24 heavy (non-hydrogen) atoms. The fourth-order valence-electron chi connectivity index (χ4n) is 2.77. The van der Waals surface area contributed by atoms with Crippen molar-refractivity contribution < 1.29 is 9.53 Å². The quantitative estimate of drug-likeness (QED) is 0.872. The van der Waals surface area contributed by atoms with Crippen molar-refractivity contribution in [2.45, 2.75) is 12.5 Å². The third-order valence-electron chi connectivity index (χ3n) is 4.17. The Morgan fingerprint density at radius 2 is 2.25 bits per heavy atom. The van der Waals surface area contributed by atoms with Gasteiger partial charge in [-0.3, -0.25) is 0 Å². The average Bonchev–Trinajstić information content (AvgIpc) is 3.23. The molecule has 2 amide bonds. The molecule has 0 aliphatic carbocycles. The van der Waals surface area contributed by atoms with Crippen molar-refractivity contribution in [3.05, 3.63) is 53.1 Å². The highest BCUT2D eigenvalue weighted by atomic mass is 35.5. The van der Waals surface area contributed by atoms with Crippen LogP contribution >= 0.6 is 11.6 Å². The van der Waals surface area contributed by atoms with Crippen molar-refractivity contribution in [3.8, 4) is 0 Å². The average molecular weight is 349 g/mol. The van der Waals surface area contributed by atoms with E-state index >= 15 is 0 Å². The molecule has 1 fully saturated rings. The van der Waals surface area contributed by atoms with Crippen LogP contribution in [0.15, 0.2) is 36.7 Å². The predicted molar refractivity (Wildman–Crippen MR) is 92.0 cm³/mol. The standard InChI is InChI=1S/C17H21ClN4O2/c1-22-8-7-19-16(22)15(13-2-4-14(18)5-3-13)21-17(23)20-10-12-6-9-24-11-12/h2-5,7-8,12,15H,6,9-11H2,1H3,(H2,20,21,23). The Labute approximate surface area is 146 Å². The summed E-state index contributed by atoms with van der Waals surface area (Å²) in [5.74, 6) is 1.15. The first-order chi connectivity index (χ1) is 11.6. The van der Waals surface area contributed by atoms with E-state index in [1.54, 1.807) is 6.20 Å². The molecule has 0 radical (unpaired) electrons. The lowest BCUT2D eigenvalue weighted by molar-refractivity contribution is 0.185. The second kappa shape index (κ2) is 7.68. The lowest BCUT2D eigenvalue weighted by atomic mass is 10.1. The number of hydrogen-bond acceptors (Lipinski definition) is 3. The molecule has 7 heteroatoms. The summed E-state index contributed by atoms with van der Waals surface area (Å²) in [6.45, 7) is 2.09. The van der Waals surface area contributed by atoms with Gasteiger partial charge in [0.05, 0.1) is 6.61 Å². The minimum atomic E-state index is -0.345. The van der Waals surface area contributed by atoms with Crippen LogP contribution < -0.4 is 10.6 Å². The van der Waals surface area contributed by atoms with E-state index in [2.05, 4.69) is 15.6 Å². The molecule has 0 bridgehead atoms. The zero-order valence-corrected chi connectivity index (χ0v) is 14.3. The molecule has 2 heterocycles. The van der Waals surface area contributed by atoms with Gasteiger partial charge < -0.3 is 19.9 Å². The Hall–Kier alpha value is -2.05. The number of carbonyl (C=O) groups excluding carboxylic acids is 1. The maximum absolute atomic E-state index is 12.3. The first-order valence-corrected chi connectivity index (χ1v) is 8.36. The van der Waals surface area contributed by atoms with Crippen LogP contribution in [0.5, 0.6) is 0 Å². The highest BCUT2D eigenvalue weighted by Gasteiger charge is 2.22. The van der Waals surface area contributed by atoms with Crippen molar-refractivity contribution in [1.82, 2.24) is 20.2 Å². The minimum absolute atomic E-state index is 0.218. The molecule has 0 saturated carbocycles. The van der Waals surface area contributed by atoms with Crippen LogP contribution in [0.4, 0.5) is 4.79 Å². The molecule has 6 nitrogen and oxygen atoms in total. The third kappa shape index (κ3) is 4.07. The SMILES string of the molecule is Cn1ccnc1C(NC(=O)NCC1CCOC1)c1ccc(Cl)cc1. The van der Waals surface area contributed by atoms with Gasteiger partial charge in [0, 0.05) is 43.5 Å². The summed E-state index contributed by atoms with van der Waals surface area (Å²) in [4.78, 5) is 16.7. The lowest BCUT2D eigenvalue weighted by Crippen LogP contribution is -2.41. The second-order valence-corrected chi connectivity index (χ2v) is 6.40. The number of aryl methyl sites for hydroxylation is 1. The van der Waals surface area contributed by atoms with Gasteiger partial charge in [-0.2, -0.15) is 0 Å². The van der Waals surface area contributed by atoms with Gasteiger partial charge in [-0.15, -0.1) is 0 Å². The summed E-state index contributed by atoms with van der Waals surface area (Å²) in [7, 11) is 1.90. The lowest BCUT2D eigenvalue weighted by Gasteiger charge is -2.20. The first kappa shape index (κ1) is 16.8. The minimum Gasteiger partial charge on any atom is -0.381 e. The van der Waals surface area contributed by atoms with Gasteiger partial charge >= 0.3 is 6.03 Å². The number of urea groups is 1. The van der Waals surface area contributed by atoms with Crippen molar-refractivity contribution in [2.75, 3.05) is 19.8 Å². The highest BCUT2D eigenvalue weighted by molar-refractivity contribution is 6.30. The van der Waals surface area contributed by atoms with Gasteiger partial charge in [-0.25, -0.2) is 9.78 Å². The van der Waals surface area contributed by atoms with E-state index in [-0.39, 0.29) is 12.1 Å². The van der Waals surface area contributed by atoms with E-state index < -0.39 is 0 Å².